The third-order valence-corrected chi connectivity index (χ3v) is 7.03. The predicted molar refractivity (Wildman–Crippen MR) is 134 cm³/mol. The van der Waals surface area contributed by atoms with E-state index in [1.54, 1.807) is 9.80 Å². The Kier molecular flexibility index (Phi) is 11.8. The molecular weight excluding hydrogens is 460 g/mol. The van der Waals surface area contributed by atoms with Crippen molar-refractivity contribution in [2.45, 2.75) is 26.3 Å². The fourth-order valence-corrected chi connectivity index (χ4v) is 4.61. The molecule has 0 spiro atoms. The lowest BCUT2D eigenvalue weighted by Crippen LogP contribution is -2.57. The van der Waals surface area contributed by atoms with Gasteiger partial charge in [0, 0.05) is 64.6 Å². The molecule has 2 rings (SSSR count). The largest absolute Gasteiger partial charge is 0.338 e. The minimum Gasteiger partial charge on any atom is -0.338 e. The minimum absolute atomic E-state index is 0.000559. The van der Waals surface area contributed by atoms with Crippen molar-refractivity contribution in [2.24, 2.45) is 0 Å². The van der Waals surface area contributed by atoms with Gasteiger partial charge in [-0.15, -0.1) is 0 Å². The van der Waals surface area contributed by atoms with Gasteiger partial charge >= 0.3 is 6.03 Å². The highest BCUT2D eigenvalue weighted by atomic mass is 32.2. The molecule has 1 aliphatic rings. The van der Waals surface area contributed by atoms with Gasteiger partial charge in [0.1, 0.15) is 6.04 Å². The first-order chi connectivity index (χ1) is 15.8. The SMILES string of the molecule is CC(=O)SCCN(CCc1ccccc1)C(=O)N[C@@H](CSC(C)=O)C(=O)N1CCN(C)CC1. The summed E-state index contributed by atoms with van der Waals surface area (Å²) in [4.78, 5) is 54.8. The maximum absolute atomic E-state index is 13.2. The van der Waals surface area contributed by atoms with Gasteiger partial charge in [-0.25, -0.2) is 4.79 Å². The summed E-state index contributed by atoms with van der Waals surface area (Å²) in [7, 11) is 2.01. The van der Waals surface area contributed by atoms with E-state index in [0.717, 1.165) is 30.4 Å². The van der Waals surface area contributed by atoms with E-state index >= 15 is 0 Å². The molecule has 10 heteroatoms. The molecule has 1 aromatic carbocycles. The van der Waals surface area contributed by atoms with E-state index in [2.05, 4.69) is 10.2 Å². The van der Waals surface area contributed by atoms with Gasteiger partial charge in [-0.2, -0.15) is 0 Å². The number of carbonyl (C=O) groups is 4. The Bertz CT molecular complexity index is 801. The van der Waals surface area contributed by atoms with Gasteiger partial charge < -0.3 is 20.0 Å². The van der Waals surface area contributed by atoms with Gasteiger partial charge in [0.05, 0.1) is 0 Å². The van der Waals surface area contributed by atoms with Crippen LogP contribution in [0.1, 0.15) is 19.4 Å². The number of piperazine rings is 1. The lowest BCUT2D eigenvalue weighted by Gasteiger charge is -2.35. The Labute approximate surface area is 204 Å². The van der Waals surface area contributed by atoms with Crippen molar-refractivity contribution in [1.29, 1.82) is 0 Å². The lowest BCUT2D eigenvalue weighted by atomic mass is 10.1. The first-order valence-corrected chi connectivity index (χ1v) is 13.1. The second-order valence-electron chi connectivity index (χ2n) is 8.00. The molecule has 1 aliphatic heterocycles. The van der Waals surface area contributed by atoms with Crippen LogP contribution in [0.2, 0.25) is 0 Å². The molecule has 0 saturated carbocycles. The first-order valence-electron chi connectivity index (χ1n) is 11.1. The average molecular weight is 495 g/mol. The molecule has 1 N–H and O–H groups in total. The summed E-state index contributed by atoms with van der Waals surface area (Å²) < 4.78 is 0. The summed E-state index contributed by atoms with van der Waals surface area (Å²) in [6.45, 7) is 6.55. The van der Waals surface area contributed by atoms with Gasteiger partial charge in [0.2, 0.25) is 5.91 Å². The Morgan fingerprint density at radius 3 is 2.21 bits per heavy atom. The molecule has 0 radical (unpaired) electrons. The van der Waals surface area contributed by atoms with Crippen LogP contribution in [-0.4, -0.2) is 101 Å². The second-order valence-corrected chi connectivity index (χ2v) is 10.5. The highest BCUT2D eigenvalue weighted by Gasteiger charge is 2.29. The van der Waals surface area contributed by atoms with Crippen LogP contribution in [0.4, 0.5) is 4.79 Å². The topological polar surface area (TPSA) is 90.0 Å². The molecule has 33 heavy (non-hydrogen) atoms. The maximum Gasteiger partial charge on any atom is 0.318 e. The molecule has 1 saturated heterocycles. The third-order valence-electron chi connectivity index (χ3n) is 5.33. The molecular formula is C23H34N4O4S2. The summed E-state index contributed by atoms with van der Waals surface area (Å²) in [6, 6.07) is 8.72. The van der Waals surface area contributed by atoms with Crippen LogP contribution in [0.15, 0.2) is 30.3 Å². The second kappa shape index (κ2) is 14.3. The Balaban J connectivity index is 2.06. The Hall–Kier alpha value is -2.04. The van der Waals surface area contributed by atoms with Crippen LogP contribution in [0.3, 0.4) is 0 Å². The molecule has 1 aromatic rings. The number of hydrogen-bond donors (Lipinski definition) is 1. The van der Waals surface area contributed by atoms with E-state index in [-0.39, 0.29) is 27.9 Å². The highest BCUT2D eigenvalue weighted by molar-refractivity contribution is 8.13. The Morgan fingerprint density at radius 1 is 0.970 bits per heavy atom. The summed E-state index contributed by atoms with van der Waals surface area (Å²) in [5.41, 5.74) is 1.10. The van der Waals surface area contributed by atoms with Gasteiger partial charge in [-0.05, 0) is 19.0 Å². The number of rotatable bonds is 10. The fourth-order valence-electron chi connectivity index (χ4n) is 3.39. The van der Waals surface area contributed by atoms with Crippen molar-refractivity contribution < 1.29 is 19.2 Å². The fraction of sp³-hybridized carbons (Fsp3) is 0.565. The quantitative estimate of drug-likeness (QED) is 0.532. The third kappa shape index (κ3) is 10.2. The number of nitrogens with one attached hydrogen (secondary N) is 1. The van der Waals surface area contributed by atoms with E-state index in [9.17, 15) is 19.2 Å². The van der Waals surface area contributed by atoms with Crippen molar-refractivity contribution in [3.05, 3.63) is 35.9 Å². The summed E-state index contributed by atoms with van der Waals surface area (Å²) in [5, 5.41) is 2.77. The number of urea groups is 1. The van der Waals surface area contributed by atoms with E-state index in [4.69, 9.17) is 0 Å². The zero-order valence-electron chi connectivity index (χ0n) is 19.6. The van der Waals surface area contributed by atoms with E-state index in [1.807, 2.05) is 37.4 Å². The van der Waals surface area contributed by atoms with E-state index in [1.165, 1.54) is 25.6 Å². The van der Waals surface area contributed by atoms with Gasteiger partial charge in [0.15, 0.2) is 10.2 Å². The van der Waals surface area contributed by atoms with Crippen molar-refractivity contribution in [1.82, 2.24) is 20.0 Å². The highest BCUT2D eigenvalue weighted by Crippen LogP contribution is 2.11. The zero-order chi connectivity index (χ0) is 24.2. The number of benzene rings is 1. The lowest BCUT2D eigenvalue weighted by molar-refractivity contribution is -0.134. The predicted octanol–water partition coefficient (Wildman–Crippen LogP) is 1.94. The molecule has 1 fully saturated rings. The average Bonchev–Trinajstić information content (AvgIpc) is 2.79. The molecule has 0 unspecified atom stereocenters. The minimum atomic E-state index is -0.783. The van der Waals surface area contributed by atoms with Crippen LogP contribution in [0, 0.1) is 0 Å². The normalized spacial score (nSPS) is 15.1. The number of carbonyl (C=O) groups excluding carboxylic acids is 4. The molecule has 3 amide bonds. The van der Waals surface area contributed by atoms with Crippen LogP contribution in [-0.2, 0) is 20.8 Å². The number of hydrogen-bond acceptors (Lipinski definition) is 7. The Morgan fingerprint density at radius 2 is 1.61 bits per heavy atom. The summed E-state index contributed by atoms with van der Waals surface area (Å²) in [6.07, 6.45) is 0.665. The molecule has 8 nitrogen and oxygen atoms in total. The number of amides is 3. The van der Waals surface area contributed by atoms with E-state index < -0.39 is 6.04 Å². The monoisotopic (exact) mass is 494 g/mol. The van der Waals surface area contributed by atoms with Crippen LogP contribution >= 0.6 is 23.5 Å². The maximum atomic E-state index is 13.2. The molecule has 0 bridgehead atoms. The van der Waals surface area contributed by atoms with E-state index in [0.29, 0.717) is 38.4 Å². The zero-order valence-corrected chi connectivity index (χ0v) is 21.3. The number of nitrogens with zero attached hydrogens (tertiary/aromatic N) is 3. The molecule has 0 aliphatic carbocycles. The summed E-state index contributed by atoms with van der Waals surface area (Å²) >= 11 is 2.21. The standard InChI is InChI=1S/C23H34N4O4S2/c1-18(28)32-16-15-27(10-9-20-7-5-4-6-8-20)23(31)24-21(17-33-19(2)29)22(30)26-13-11-25(3)12-14-26/h4-8,21H,9-17H2,1-3H3,(H,24,31)/t21-/m0/s1. The summed E-state index contributed by atoms with van der Waals surface area (Å²) in [5.74, 6) is 0.518. The van der Waals surface area contributed by atoms with Gasteiger partial charge in [-0.1, -0.05) is 53.9 Å². The molecule has 1 atom stereocenters. The number of likely N-dealkylation sites (N-methyl/N-ethyl adjacent to an activating group) is 1. The van der Waals surface area contributed by atoms with Gasteiger partial charge in [-0.3, -0.25) is 14.4 Å². The molecule has 182 valence electrons. The first kappa shape index (κ1) is 27.2. The van der Waals surface area contributed by atoms with Crippen LogP contribution in [0.5, 0.6) is 0 Å². The molecule has 1 heterocycles. The van der Waals surface area contributed by atoms with Crippen LogP contribution < -0.4 is 5.32 Å². The number of thioether (sulfide) groups is 2. The smallest absolute Gasteiger partial charge is 0.318 e. The molecule has 0 aromatic heterocycles. The van der Waals surface area contributed by atoms with Crippen LogP contribution in [0.25, 0.3) is 0 Å². The van der Waals surface area contributed by atoms with Gasteiger partial charge in [0.25, 0.3) is 0 Å². The van der Waals surface area contributed by atoms with Crippen molar-refractivity contribution in [3.8, 4) is 0 Å². The van der Waals surface area contributed by atoms with Crippen molar-refractivity contribution in [3.63, 3.8) is 0 Å². The van der Waals surface area contributed by atoms with Crippen molar-refractivity contribution >= 4 is 45.7 Å². The van der Waals surface area contributed by atoms with Crippen molar-refractivity contribution in [2.75, 3.05) is 57.8 Å².